The van der Waals surface area contributed by atoms with Crippen LogP contribution >= 0.6 is 0 Å². The van der Waals surface area contributed by atoms with Crippen molar-refractivity contribution in [3.8, 4) is 0 Å². The first-order chi connectivity index (χ1) is 14.4. The summed E-state index contributed by atoms with van der Waals surface area (Å²) >= 11 is 0. The Morgan fingerprint density at radius 2 is 1.40 bits per heavy atom. The molecule has 1 atom stereocenters. The minimum Gasteiger partial charge on any atom is -0.377 e. The molecule has 0 saturated carbocycles. The second-order valence-electron chi connectivity index (χ2n) is 6.29. The molecule has 30 heavy (non-hydrogen) atoms. The molecule has 1 rings (SSSR count). The summed E-state index contributed by atoms with van der Waals surface area (Å²) in [4.78, 5) is 0. The Hall–Kier alpha value is -0.400. The van der Waals surface area contributed by atoms with E-state index in [1.807, 2.05) is 27.7 Å². The van der Waals surface area contributed by atoms with Gasteiger partial charge in [0.2, 0.25) is 0 Å². The summed E-state index contributed by atoms with van der Waals surface area (Å²) in [5.41, 5.74) is 20.9. The molecule has 1 saturated heterocycles. The van der Waals surface area contributed by atoms with Crippen molar-refractivity contribution in [3.05, 3.63) is 0 Å². The third-order valence-electron chi connectivity index (χ3n) is 3.47. The van der Waals surface area contributed by atoms with Gasteiger partial charge < -0.3 is 51.4 Å². The van der Waals surface area contributed by atoms with E-state index in [-0.39, 0.29) is 12.6 Å². The lowest BCUT2D eigenvalue weighted by molar-refractivity contribution is -0.128. The van der Waals surface area contributed by atoms with E-state index in [1.165, 1.54) is 6.42 Å². The predicted octanol–water partition coefficient (Wildman–Crippen LogP) is 0.402. The number of nitrogens with two attached hydrogens (primary N) is 4. The topological polar surface area (TPSA) is 159 Å². The molecule has 0 aromatic carbocycles. The van der Waals surface area contributed by atoms with Gasteiger partial charge in [0.05, 0.1) is 18.8 Å². The molecule has 0 aliphatic carbocycles. The zero-order chi connectivity index (χ0) is 23.6. The van der Waals surface area contributed by atoms with Crippen LogP contribution in [-0.2, 0) is 28.4 Å². The van der Waals surface area contributed by atoms with Gasteiger partial charge in [-0.2, -0.15) is 0 Å². The first kappa shape index (κ1) is 34.2. The van der Waals surface area contributed by atoms with Crippen LogP contribution in [0, 0.1) is 0 Å². The maximum absolute atomic E-state index is 5.31. The Morgan fingerprint density at radius 3 is 1.57 bits per heavy atom. The Balaban J connectivity index is -0.000000326. The lowest BCUT2D eigenvalue weighted by Gasteiger charge is -2.13. The number of rotatable bonds is 12. The molecule has 0 aromatic rings. The van der Waals surface area contributed by atoms with Gasteiger partial charge in [0.15, 0.2) is 12.6 Å². The van der Waals surface area contributed by atoms with Crippen LogP contribution < -0.4 is 22.9 Å². The molecule has 10 heteroatoms. The summed E-state index contributed by atoms with van der Waals surface area (Å²) < 4.78 is 29.8. The lowest BCUT2D eigenvalue weighted by Crippen LogP contribution is -2.26. The van der Waals surface area contributed by atoms with Crippen LogP contribution in [0.4, 0.5) is 0 Å². The van der Waals surface area contributed by atoms with Crippen molar-refractivity contribution in [3.63, 3.8) is 0 Å². The van der Waals surface area contributed by atoms with Crippen molar-refractivity contribution in [2.24, 2.45) is 22.9 Å². The van der Waals surface area contributed by atoms with Crippen LogP contribution in [0.1, 0.15) is 40.5 Å². The SMILES string of the molecule is CC(C)OCCN.CCOC(CN)OCC.COC(CN)OC.NCC1CCCO1. The normalized spacial score (nSPS) is 15.3. The van der Waals surface area contributed by atoms with Crippen LogP contribution in [0.15, 0.2) is 0 Å². The second-order valence-corrected chi connectivity index (χ2v) is 6.29. The first-order valence-corrected chi connectivity index (χ1v) is 10.7. The van der Waals surface area contributed by atoms with E-state index in [4.69, 9.17) is 51.4 Å². The Morgan fingerprint density at radius 1 is 0.867 bits per heavy atom. The van der Waals surface area contributed by atoms with E-state index in [1.54, 1.807) is 14.2 Å². The van der Waals surface area contributed by atoms with Crippen LogP contribution in [0.25, 0.3) is 0 Å². The van der Waals surface area contributed by atoms with Gasteiger partial charge in [-0.25, -0.2) is 0 Å². The first-order valence-electron chi connectivity index (χ1n) is 10.7. The lowest BCUT2D eigenvalue weighted by atomic mass is 10.2. The molecule has 1 aliphatic rings. The molecule has 1 unspecified atom stereocenters. The maximum atomic E-state index is 5.31. The predicted molar refractivity (Wildman–Crippen MR) is 121 cm³/mol. The average Bonchev–Trinajstić information content (AvgIpc) is 3.29. The summed E-state index contributed by atoms with van der Waals surface area (Å²) in [5, 5.41) is 0. The van der Waals surface area contributed by atoms with Gasteiger partial charge in [-0.15, -0.1) is 0 Å². The fraction of sp³-hybridized carbons (Fsp3) is 1.00. The highest BCUT2D eigenvalue weighted by Crippen LogP contribution is 2.09. The smallest absolute Gasteiger partial charge is 0.169 e. The van der Waals surface area contributed by atoms with E-state index in [0.717, 1.165) is 13.0 Å². The largest absolute Gasteiger partial charge is 0.377 e. The van der Waals surface area contributed by atoms with Crippen molar-refractivity contribution < 1.29 is 28.4 Å². The summed E-state index contributed by atoms with van der Waals surface area (Å²) in [6, 6.07) is 0. The fourth-order valence-corrected chi connectivity index (χ4v) is 1.98. The minimum atomic E-state index is -0.236. The molecule has 1 fully saturated rings. The number of hydrogen-bond donors (Lipinski definition) is 4. The average molecular weight is 443 g/mol. The van der Waals surface area contributed by atoms with Crippen molar-refractivity contribution in [1.82, 2.24) is 0 Å². The van der Waals surface area contributed by atoms with Gasteiger partial charge in [-0.05, 0) is 40.5 Å². The van der Waals surface area contributed by atoms with Crippen molar-refractivity contribution in [1.29, 1.82) is 0 Å². The number of ether oxygens (including phenoxy) is 6. The highest BCUT2D eigenvalue weighted by atomic mass is 16.7. The summed E-state index contributed by atoms with van der Waals surface area (Å²) in [6.45, 7) is 12.9. The molecule has 8 N–H and O–H groups in total. The van der Waals surface area contributed by atoms with Gasteiger partial charge in [0.25, 0.3) is 0 Å². The number of methoxy groups -OCH3 is 2. The zero-order valence-electron chi connectivity index (χ0n) is 20.1. The third kappa shape index (κ3) is 27.6. The van der Waals surface area contributed by atoms with Gasteiger partial charge in [0.1, 0.15) is 0 Å². The molecule has 0 bridgehead atoms. The van der Waals surface area contributed by atoms with Crippen molar-refractivity contribution >= 4 is 0 Å². The highest BCUT2D eigenvalue weighted by molar-refractivity contribution is 4.63. The van der Waals surface area contributed by atoms with Crippen LogP contribution in [0.3, 0.4) is 0 Å². The molecule has 1 aliphatic heterocycles. The summed E-state index contributed by atoms with van der Waals surface area (Å²) in [5.74, 6) is 0. The Labute approximate surface area is 184 Å². The molecular formula is C20H50N4O6. The molecule has 0 aromatic heterocycles. The van der Waals surface area contributed by atoms with E-state index in [0.29, 0.717) is 58.2 Å². The molecule has 10 nitrogen and oxygen atoms in total. The minimum absolute atomic E-state index is 0.208. The van der Waals surface area contributed by atoms with E-state index >= 15 is 0 Å². The standard InChI is InChI=1S/C6H15NO2.C5H11NO.C5H13NO.C4H11NO2/c1-3-8-6(5-7)9-4-2;6-4-5-2-1-3-7-5;1-5(2)7-4-3-6;1-6-4(3-5)7-2/h6H,3-5,7H2,1-2H3;5H,1-4,6H2;5H,3-4,6H2,1-2H3;4H,3,5H2,1-2H3. The summed E-state index contributed by atoms with van der Waals surface area (Å²) in [7, 11) is 3.11. The quantitative estimate of drug-likeness (QED) is 0.311. The molecule has 0 radical (unpaired) electrons. The van der Waals surface area contributed by atoms with E-state index in [9.17, 15) is 0 Å². The molecule has 1 heterocycles. The molecule has 0 spiro atoms. The third-order valence-corrected chi connectivity index (χ3v) is 3.47. The van der Waals surface area contributed by atoms with Crippen molar-refractivity contribution in [2.45, 2.75) is 65.3 Å². The molecule has 186 valence electrons. The highest BCUT2D eigenvalue weighted by Gasteiger charge is 2.11. The van der Waals surface area contributed by atoms with Gasteiger partial charge in [-0.1, -0.05) is 0 Å². The monoisotopic (exact) mass is 442 g/mol. The van der Waals surface area contributed by atoms with E-state index < -0.39 is 0 Å². The van der Waals surface area contributed by atoms with Crippen molar-refractivity contribution in [2.75, 3.05) is 66.8 Å². The van der Waals surface area contributed by atoms with Gasteiger partial charge in [0, 0.05) is 60.2 Å². The van der Waals surface area contributed by atoms with Crippen LogP contribution in [-0.4, -0.2) is 91.6 Å². The van der Waals surface area contributed by atoms with E-state index in [2.05, 4.69) is 0 Å². The molecular weight excluding hydrogens is 392 g/mol. The molecule has 0 amide bonds. The number of hydrogen-bond acceptors (Lipinski definition) is 10. The summed E-state index contributed by atoms with van der Waals surface area (Å²) in [6.07, 6.45) is 2.61. The Bertz CT molecular complexity index is 280. The zero-order valence-corrected chi connectivity index (χ0v) is 20.1. The van der Waals surface area contributed by atoms with Crippen LogP contribution in [0.5, 0.6) is 0 Å². The Kier molecular flexibility index (Phi) is 32.6. The maximum Gasteiger partial charge on any atom is 0.169 e. The van der Waals surface area contributed by atoms with Gasteiger partial charge in [-0.3, -0.25) is 0 Å². The second kappa shape index (κ2) is 28.6. The van der Waals surface area contributed by atoms with Crippen LogP contribution in [0.2, 0.25) is 0 Å². The van der Waals surface area contributed by atoms with Gasteiger partial charge >= 0.3 is 0 Å². The fourth-order valence-electron chi connectivity index (χ4n) is 1.98.